The number of ether oxygens (including phenoxy) is 3. The summed E-state index contributed by atoms with van der Waals surface area (Å²) in [5.74, 6) is -4.41. The average Bonchev–Trinajstić information content (AvgIpc) is 3.28. The number of cyclic esters (lactones) is 4. The molecule has 26 heavy (non-hydrogen) atoms. The number of epoxide rings is 1. The fraction of sp³-hybridized carbons (Fsp3) is 0.474. The molecule has 0 saturated carbocycles. The molecule has 5 rings (SSSR count). The van der Waals surface area contributed by atoms with Gasteiger partial charge in [0.2, 0.25) is 0 Å². The highest BCUT2D eigenvalue weighted by Crippen LogP contribution is 2.51. The van der Waals surface area contributed by atoms with Crippen molar-refractivity contribution in [1.29, 1.82) is 0 Å². The zero-order chi connectivity index (χ0) is 18.0. The van der Waals surface area contributed by atoms with Gasteiger partial charge < -0.3 is 14.2 Å². The SMILES string of the molecule is O=C1CC(C2CC3C(=O)OC(=O)C3c3ccc(CC4CO4)cc32)C(=O)O1. The van der Waals surface area contributed by atoms with Gasteiger partial charge >= 0.3 is 23.9 Å². The number of carbonyl (C=O) groups is 4. The number of esters is 4. The predicted molar refractivity (Wildman–Crippen MR) is 83.8 cm³/mol. The van der Waals surface area contributed by atoms with E-state index >= 15 is 0 Å². The average molecular weight is 356 g/mol. The zero-order valence-electron chi connectivity index (χ0n) is 13.8. The van der Waals surface area contributed by atoms with E-state index in [0.29, 0.717) is 6.42 Å². The van der Waals surface area contributed by atoms with E-state index < -0.39 is 41.6 Å². The van der Waals surface area contributed by atoms with Crippen molar-refractivity contribution in [3.05, 3.63) is 34.9 Å². The van der Waals surface area contributed by atoms with Gasteiger partial charge in [0.25, 0.3) is 0 Å². The van der Waals surface area contributed by atoms with Crippen LogP contribution in [0.5, 0.6) is 0 Å². The van der Waals surface area contributed by atoms with E-state index in [1.807, 2.05) is 18.2 Å². The van der Waals surface area contributed by atoms with E-state index in [1.54, 1.807) is 0 Å². The Labute approximate surface area is 148 Å². The molecule has 5 unspecified atom stereocenters. The Morgan fingerprint density at radius 2 is 1.65 bits per heavy atom. The molecule has 7 nitrogen and oxygen atoms in total. The van der Waals surface area contributed by atoms with E-state index in [9.17, 15) is 19.2 Å². The largest absolute Gasteiger partial charge is 0.393 e. The van der Waals surface area contributed by atoms with Crippen LogP contribution < -0.4 is 0 Å². The molecule has 3 saturated heterocycles. The second kappa shape index (κ2) is 5.48. The van der Waals surface area contributed by atoms with Crippen LogP contribution in [0.3, 0.4) is 0 Å². The number of benzene rings is 1. The molecule has 0 bridgehead atoms. The standard InChI is InChI=1S/C19H16O7/c20-15-6-13(17(21)25-15)12-5-14-16(19(23)26-18(14)22)10-2-1-8(4-11(10)12)3-9-7-24-9/h1-2,4,9,12-14,16H,3,5-7H2. The number of hydrogen-bond acceptors (Lipinski definition) is 7. The van der Waals surface area contributed by atoms with Crippen LogP contribution >= 0.6 is 0 Å². The molecule has 3 aliphatic heterocycles. The van der Waals surface area contributed by atoms with Gasteiger partial charge in [-0.2, -0.15) is 0 Å². The first-order chi connectivity index (χ1) is 12.5. The Morgan fingerprint density at radius 1 is 0.885 bits per heavy atom. The smallest absolute Gasteiger partial charge is 0.321 e. The lowest BCUT2D eigenvalue weighted by molar-refractivity contribution is -0.155. The van der Waals surface area contributed by atoms with Gasteiger partial charge in [-0.3, -0.25) is 19.2 Å². The van der Waals surface area contributed by atoms with Gasteiger partial charge in [0.1, 0.15) is 0 Å². The van der Waals surface area contributed by atoms with Crippen molar-refractivity contribution in [3.8, 4) is 0 Å². The van der Waals surface area contributed by atoms with Crippen LogP contribution in [0.1, 0.15) is 41.4 Å². The highest BCUT2D eigenvalue weighted by molar-refractivity contribution is 6.01. The lowest BCUT2D eigenvalue weighted by Crippen LogP contribution is -2.31. The van der Waals surface area contributed by atoms with E-state index in [1.165, 1.54) is 0 Å². The van der Waals surface area contributed by atoms with Crippen LogP contribution in [0.2, 0.25) is 0 Å². The maximum Gasteiger partial charge on any atom is 0.321 e. The first kappa shape index (κ1) is 15.7. The molecule has 0 N–H and O–H groups in total. The number of fused-ring (bicyclic) bond motifs is 3. The molecule has 134 valence electrons. The minimum Gasteiger partial charge on any atom is -0.393 e. The Kier molecular flexibility index (Phi) is 3.31. The molecular weight excluding hydrogens is 340 g/mol. The van der Waals surface area contributed by atoms with Crippen molar-refractivity contribution in [3.63, 3.8) is 0 Å². The highest BCUT2D eigenvalue weighted by Gasteiger charge is 2.53. The second-order valence-electron chi connectivity index (χ2n) is 7.39. The van der Waals surface area contributed by atoms with Crippen LogP contribution in [-0.2, 0) is 39.8 Å². The monoisotopic (exact) mass is 356 g/mol. The molecule has 1 aromatic carbocycles. The van der Waals surface area contributed by atoms with Gasteiger partial charge in [-0.05, 0) is 29.0 Å². The first-order valence-corrected chi connectivity index (χ1v) is 8.75. The molecule has 5 atom stereocenters. The van der Waals surface area contributed by atoms with Crippen LogP contribution in [0.15, 0.2) is 18.2 Å². The third kappa shape index (κ3) is 2.38. The van der Waals surface area contributed by atoms with Gasteiger partial charge in [0.15, 0.2) is 0 Å². The normalized spacial score (nSPS) is 35.0. The summed E-state index contributed by atoms with van der Waals surface area (Å²) in [5, 5.41) is 0. The van der Waals surface area contributed by atoms with Gasteiger partial charge in [0, 0.05) is 6.42 Å². The van der Waals surface area contributed by atoms with Crippen LogP contribution in [0, 0.1) is 11.8 Å². The maximum absolute atomic E-state index is 12.2. The minimum absolute atomic E-state index is 0.000710. The molecule has 1 aromatic rings. The van der Waals surface area contributed by atoms with E-state index in [0.717, 1.165) is 29.7 Å². The summed E-state index contributed by atoms with van der Waals surface area (Å²) in [5.41, 5.74) is 2.60. The Balaban J connectivity index is 1.59. The molecule has 4 aliphatic rings. The summed E-state index contributed by atoms with van der Waals surface area (Å²) < 4.78 is 14.9. The Hall–Kier alpha value is -2.54. The van der Waals surface area contributed by atoms with Crippen molar-refractivity contribution >= 4 is 23.9 Å². The van der Waals surface area contributed by atoms with Crippen LogP contribution in [0.4, 0.5) is 0 Å². The highest BCUT2D eigenvalue weighted by atomic mass is 16.6. The van der Waals surface area contributed by atoms with Crippen molar-refractivity contribution in [2.24, 2.45) is 11.8 Å². The predicted octanol–water partition coefficient (Wildman–Crippen LogP) is 0.988. The molecule has 1 aliphatic carbocycles. The number of carbonyl (C=O) groups excluding carboxylic acids is 4. The first-order valence-electron chi connectivity index (χ1n) is 8.75. The number of hydrogen-bond donors (Lipinski definition) is 0. The molecule has 0 aromatic heterocycles. The topological polar surface area (TPSA) is 99.3 Å². The van der Waals surface area contributed by atoms with Gasteiger partial charge in [-0.25, -0.2) is 0 Å². The lowest BCUT2D eigenvalue weighted by Gasteiger charge is -2.33. The summed E-state index contributed by atoms with van der Waals surface area (Å²) in [6, 6.07) is 5.75. The molecule has 0 spiro atoms. The quantitative estimate of drug-likeness (QED) is 0.452. The van der Waals surface area contributed by atoms with Gasteiger partial charge in [-0.1, -0.05) is 18.2 Å². The third-order valence-electron chi connectivity index (χ3n) is 5.81. The Bertz CT molecular complexity index is 853. The van der Waals surface area contributed by atoms with Crippen LogP contribution in [0.25, 0.3) is 0 Å². The summed E-state index contributed by atoms with van der Waals surface area (Å²) in [6.45, 7) is 0.732. The van der Waals surface area contributed by atoms with E-state index in [2.05, 4.69) is 0 Å². The van der Waals surface area contributed by atoms with Gasteiger partial charge in [0.05, 0.1) is 36.9 Å². The summed E-state index contributed by atoms with van der Waals surface area (Å²) in [7, 11) is 0. The van der Waals surface area contributed by atoms with Crippen molar-refractivity contribution in [1.82, 2.24) is 0 Å². The molecular formula is C19H16O7. The summed E-state index contributed by atoms with van der Waals surface area (Å²) in [6.07, 6.45) is 1.27. The minimum atomic E-state index is -0.631. The summed E-state index contributed by atoms with van der Waals surface area (Å²) in [4.78, 5) is 48.0. The van der Waals surface area contributed by atoms with E-state index in [-0.39, 0.29) is 18.4 Å². The van der Waals surface area contributed by atoms with Crippen molar-refractivity contribution in [2.45, 2.75) is 37.2 Å². The fourth-order valence-electron chi connectivity index (χ4n) is 4.50. The fourth-order valence-corrected chi connectivity index (χ4v) is 4.50. The number of rotatable bonds is 3. The molecule has 0 amide bonds. The zero-order valence-corrected chi connectivity index (χ0v) is 13.8. The Morgan fingerprint density at radius 3 is 2.35 bits per heavy atom. The van der Waals surface area contributed by atoms with E-state index in [4.69, 9.17) is 14.2 Å². The second-order valence-corrected chi connectivity index (χ2v) is 7.39. The molecule has 7 heteroatoms. The van der Waals surface area contributed by atoms with Crippen molar-refractivity contribution in [2.75, 3.05) is 6.61 Å². The lowest BCUT2D eigenvalue weighted by atomic mass is 9.66. The van der Waals surface area contributed by atoms with Crippen molar-refractivity contribution < 1.29 is 33.4 Å². The molecule has 3 fully saturated rings. The van der Waals surface area contributed by atoms with Crippen LogP contribution in [-0.4, -0.2) is 36.6 Å². The maximum atomic E-state index is 12.2. The molecule has 0 radical (unpaired) electrons. The summed E-state index contributed by atoms with van der Waals surface area (Å²) >= 11 is 0. The molecule has 3 heterocycles. The van der Waals surface area contributed by atoms with Gasteiger partial charge in [-0.15, -0.1) is 0 Å². The third-order valence-corrected chi connectivity index (χ3v) is 5.81.